The van der Waals surface area contributed by atoms with Crippen LogP contribution in [0, 0.1) is 6.92 Å². The molecule has 1 aliphatic carbocycles. The van der Waals surface area contributed by atoms with Gasteiger partial charge in [0, 0.05) is 29.4 Å². The molecule has 0 bridgehead atoms. The van der Waals surface area contributed by atoms with E-state index >= 15 is 0 Å². The molecule has 4 heteroatoms. The molecule has 0 saturated heterocycles. The molecule has 0 radical (unpaired) electrons. The summed E-state index contributed by atoms with van der Waals surface area (Å²) in [6.45, 7) is 1.96. The van der Waals surface area contributed by atoms with E-state index in [-0.39, 0.29) is 0 Å². The van der Waals surface area contributed by atoms with Gasteiger partial charge in [-0.1, -0.05) is 11.6 Å². The average molecular weight is 246 g/mol. The molecule has 0 aromatic carbocycles. The topological polar surface area (TPSA) is 38.7 Å². The molecule has 2 heterocycles. The van der Waals surface area contributed by atoms with Crippen LogP contribution in [0.1, 0.15) is 30.3 Å². The molecule has 1 saturated carbocycles. The lowest BCUT2D eigenvalue weighted by atomic mass is 10.2. The van der Waals surface area contributed by atoms with E-state index in [2.05, 4.69) is 15.0 Å². The van der Waals surface area contributed by atoms with Crippen LogP contribution in [0.2, 0.25) is 5.15 Å². The summed E-state index contributed by atoms with van der Waals surface area (Å²) in [6.07, 6.45) is 4.17. The van der Waals surface area contributed by atoms with Gasteiger partial charge in [-0.15, -0.1) is 0 Å². The average Bonchev–Trinajstić information content (AvgIpc) is 3.13. The quantitative estimate of drug-likeness (QED) is 0.762. The molecular weight excluding hydrogens is 234 g/mol. The van der Waals surface area contributed by atoms with Gasteiger partial charge in [-0.05, 0) is 31.9 Å². The highest BCUT2D eigenvalue weighted by Crippen LogP contribution is 2.39. The first kappa shape index (κ1) is 10.7. The summed E-state index contributed by atoms with van der Waals surface area (Å²) in [7, 11) is 0. The van der Waals surface area contributed by atoms with Crippen LogP contribution in [0.3, 0.4) is 0 Å². The molecule has 0 unspecified atom stereocenters. The van der Waals surface area contributed by atoms with Crippen LogP contribution in [0.4, 0.5) is 0 Å². The predicted molar refractivity (Wildman–Crippen MR) is 67.0 cm³/mol. The molecule has 3 nitrogen and oxygen atoms in total. The molecule has 0 amide bonds. The number of nitrogens with zero attached hydrogens (tertiary/aromatic N) is 3. The molecule has 0 atom stereocenters. The standard InChI is InChI=1S/C13H12ClN3/c1-8-2-3-10(7-15-8)11-6-12(14)17-13(16-11)9-4-5-9/h2-3,6-7,9H,4-5H2,1H3. The van der Waals surface area contributed by atoms with Crippen molar-refractivity contribution in [2.75, 3.05) is 0 Å². The number of hydrogen-bond acceptors (Lipinski definition) is 3. The lowest BCUT2D eigenvalue weighted by Crippen LogP contribution is -1.96. The van der Waals surface area contributed by atoms with Gasteiger partial charge < -0.3 is 0 Å². The summed E-state index contributed by atoms with van der Waals surface area (Å²) in [4.78, 5) is 13.1. The maximum absolute atomic E-state index is 6.03. The number of aromatic nitrogens is 3. The Kier molecular flexibility index (Phi) is 2.56. The van der Waals surface area contributed by atoms with Gasteiger partial charge >= 0.3 is 0 Å². The molecule has 1 fully saturated rings. The lowest BCUT2D eigenvalue weighted by molar-refractivity contribution is 0.930. The van der Waals surface area contributed by atoms with Crippen LogP contribution in [-0.2, 0) is 0 Å². The highest BCUT2D eigenvalue weighted by Gasteiger charge is 2.27. The first-order valence-corrected chi connectivity index (χ1v) is 6.08. The molecule has 0 spiro atoms. The Morgan fingerprint density at radius 2 is 2.06 bits per heavy atom. The van der Waals surface area contributed by atoms with Crippen molar-refractivity contribution < 1.29 is 0 Å². The van der Waals surface area contributed by atoms with E-state index in [1.807, 2.05) is 25.3 Å². The Bertz CT molecular complexity index is 547. The van der Waals surface area contributed by atoms with E-state index < -0.39 is 0 Å². The van der Waals surface area contributed by atoms with Crippen molar-refractivity contribution in [2.45, 2.75) is 25.7 Å². The van der Waals surface area contributed by atoms with Gasteiger partial charge in [0.05, 0.1) is 5.69 Å². The molecule has 0 N–H and O–H groups in total. The summed E-state index contributed by atoms with van der Waals surface area (Å²) < 4.78 is 0. The molecule has 2 aromatic heterocycles. The van der Waals surface area contributed by atoms with Crippen LogP contribution < -0.4 is 0 Å². The minimum atomic E-state index is 0.505. The Hall–Kier alpha value is -1.48. The van der Waals surface area contributed by atoms with E-state index in [1.165, 1.54) is 12.8 Å². The fourth-order valence-electron chi connectivity index (χ4n) is 1.73. The molecule has 1 aliphatic rings. The number of hydrogen-bond donors (Lipinski definition) is 0. The summed E-state index contributed by atoms with van der Waals surface area (Å²) in [5, 5.41) is 0.512. The minimum Gasteiger partial charge on any atom is -0.261 e. The second-order valence-electron chi connectivity index (χ2n) is 4.40. The molecule has 3 rings (SSSR count). The normalized spacial score (nSPS) is 14.9. The third-order valence-corrected chi connectivity index (χ3v) is 3.06. The van der Waals surface area contributed by atoms with Crippen molar-refractivity contribution in [3.63, 3.8) is 0 Å². The number of halogens is 1. The highest BCUT2D eigenvalue weighted by molar-refractivity contribution is 6.29. The van der Waals surface area contributed by atoms with Gasteiger partial charge in [0.1, 0.15) is 11.0 Å². The van der Waals surface area contributed by atoms with E-state index in [0.29, 0.717) is 11.1 Å². The molecule has 0 aliphatic heterocycles. The van der Waals surface area contributed by atoms with E-state index in [0.717, 1.165) is 22.8 Å². The summed E-state index contributed by atoms with van der Waals surface area (Å²) in [5.41, 5.74) is 2.84. The van der Waals surface area contributed by atoms with Crippen molar-refractivity contribution in [2.24, 2.45) is 0 Å². The first-order valence-electron chi connectivity index (χ1n) is 5.70. The maximum atomic E-state index is 6.03. The van der Waals surface area contributed by atoms with Crippen molar-refractivity contribution in [1.29, 1.82) is 0 Å². The monoisotopic (exact) mass is 245 g/mol. The van der Waals surface area contributed by atoms with Gasteiger partial charge in [-0.2, -0.15) is 0 Å². The highest BCUT2D eigenvalue weighted by atomic mass is 35.5. The maximum Gasteiger partial charge on any atom is 0.133 e. The first-order chi connectivity index (χ1) is 8.22. The van der Waals surface area contributed by atoms with Crippen molar-refractivity contribution in [3.05, 3.63) is 41.1 Å². The molecular formula is C13H12ClN3. The number of aryl methyl sites for hydroxylation is 1. The fraction of sp³-hybridized carbons (Fsp3) is 0.308. The van der Waals surface area contributed by atoms with Crippen molar-refractivity contribution >= 4 is 11.6 Å². The van der Waals surface area contributed by atoms with E-state index in [9.17, 15) is 0 Å². The van der Waals surface area contributed by atoms with E-state index in [4.69, 9.17) is 11.6 Å². The minimum absolute atomic E-state index is 0.505. The van der Waals surface area contributed by atoms with Gasteiger partial charge in [-0.25, -0.2) is 9.97 Å². The zero-order chi connectivity index (χ0) is 11.8. The number of rotatable bonds is 2. The van der Waals surface area contributed by atoms with Crippen LogP contribution in [0.5, 0.6) is 0 Å². The Morgan fingerprint density at radius 3 is 2.71 bits per heavy atom. The molecule has 2 aromatic rings. The zero-order valence-corrected chi connectivity index (χ0v) is 10.3. The molecule has 17 heavy (non-hydrogen) atoms. The second-order valence-corrected chi connectivity index (χ2v) is 4.78. The third-order valence-electron chi connectivity index (χ3n) is 2.86. The smallest absolute Gasteiger partial charge is 0.133 e. The summed E-state index contributed by atoms with van der Waals surface area (Å²) in [6, 6.07) is 5.78. The number of pyridine rings is 1. The lowest BCUT2D eigenvalue weighted by Gasteiger charge is -2.04. The fourth-order valence-corrected chi connectivity index (χ4v) is 1.92. The van der Waals surface area contributed by atoms with Gasteiger partial charge in [0.2, 0.25) is 0 Å². The van der Waals surface area contributed by atoms with Crippen LogP contribution in [-0.4, -0.2) is 15.0 Å². The predicted octanol–water partition coefficient (Wildman–Crippen LogP) is 3.38. The van der Waals surface area contributed by atoms with Crippen molar-refractivity contribution in [3.8, 4) is 11.3 Å². The Morgan fingerprint density at radius 1 is 1.24 bits per heavy atom. The van der Waals surface area contributed by atoms with Gasteiger partial charge in [-0.3, -0.25) is 4.98 Å². The SMILES string of the molecule is Cc1ccc(-c2cc(Cl)nc(C3CC3)n2)cn1. The van der Waals surface area contributed by atoms with Gasteiger partial charge in [0.25, 0.3) is 0 Å². The zero-order valence-electron chi connectivity index (χ0n) is 9.52. The van der Waals surface area contributed by atoms with Crippen LogP contribution in [0.25, 0.3) is 11.3 Å². The largest absolute Gasteiger partial charge is 0.261 e. The molecule has 86 valence electrons. The Labute approximate surface area is 105 Å². The Balaban J connectivity index is 2.04. The summed E-state index contributed by atoms with van der Waals surface area (Å²) in [5.74, 6) is 1.37. The second kappa shape index (κ2) is 4.08. The van der Waals surface area contributed by atoms with Crippen molar-refractivity contribution in [1.82, 2.24) is 15.0 Å². The third kappa shape index (κ3) is 2.29. The van der Waals surface area contributed by atoms with Crippen LogP contribution >= 0.6 is 11.6 Å². The van der Waals surface area contributed by atoms with Gasteiger partial charge in [0.15, 0.2) is 0 Å². The van der Waals surface area contributed by atoms with Crippen LogP contribution in [0.15, 0.2) is 24.4 Å². The summed E-state index contributed by atoms with van der Waals surface area (Å²) >= 11 is 6.03. The van der Waals surface area contributed by atoms with E-state index in [1.54, 1.807) is 6.07 Å².